The number of amides is 3. The maximum Gasteiger partial charge on any atom is 0.328 e. The lowest BCUT2D eigenvalue weighted by molar-refractivity contribution is -0.139. The molecule has 3 heterocycles. The van der Waals surface area contributed by atoms with Gasteiger partial charge in [0.05, 0.1) is 6.54 Å². The van der Waals surface area contributed by atoms with Crippen molar-refractivity contribution in [3.8, 4) is 11.5 Å². The largest absolute Gasteiger partial charge is 0.457 e. The summed E-state index contributed by atoms with van der Waals surface area (Å²) in [5, 5.41) is 3.59. The van der Waals surface area contributed by atoms with Crippen molar-refractivity contribution in [2.75, 3.05) is 25.0 Å². The fourth-order valence-corrected chi connectivity index (χ4v) is 5.93. The maximum atomic E-state index is 13.8. The van der Waals surface area contributed by atoms with Crippen molar-refractivity contribution in [2.24, 2.45) is 5.92 Å². The molecule has 3 aromatic carbocycles. The first-order valence-electron chi connectivity index (χ1n) is 12.8. The second-order valence-corrected chi connectivity index (χ2v) is 11.2. The van der Waals surface area contributed by atoms with Crippen LogP contribution in [-0.4, -0.2) is 65.3 Å². The molecule has 3 amide bonds. The van der Waals surface area contributed by atoms with Gasteiger partial charge < -0.3 is 14.5 Å². The monoisotopic (exact) mass is 575 g/mol. The van der Waals surface area contributed by atoms with Crippen LogP contribution in [0.4, 0.5) is 10.5 Å². The molecule has 9 heteroatoms. The Morgan fingerprint density at radius 1 is 0.921 bits per heavy atom. The van der Waals surface area contributed by atoms with E-state index in [2.05, 4.69) is 50.1 Å². The summed E-state index contributed by atoms with van der Waals surface area (Å²) in [6, 6.07) is 24.7. The van der Waals surface area contributed by atoms with Crippen LogP contribution in [0.5, 0.6) is 11.5 Å². The van der Waals surface area contributed by atoms with E-state index < -0.39 is 12.2 Å². The van der Waals surface area contributed by atoms with Crippen molar-refractivity contribution in [3.63, 3.8) is 0 Å². The van der Waals surface area contributed by atoms with Gasteiger partial charge in [-0.3, -0.25) is 19.9 Å². The van der Waals surface area contributed by atoms with Crippen molar-refractivity contribution in [1.29, 1.82) is 0 Å². The number of anilines is 1. The third-order valence-electron chi connectivity index (χ3n) is 7.49. The second kappa shape index (κ2) is 10.1. The molecule has 0 spiro atoms. The van der Waals surface area contributed by atoms with E-state index in [-0.39, 0.29) is 24.8 Å². The minimum atomic E-state index is -0.455. The number of fused-ring (bicyclic) bond motifs is 3. The van der Waals surface area contributed by atoms with Crippen LogP contribution in [0.15, 0.2) is 83.3 Å². The number of nitrogens with one attached hydrogen (secondary N) is 1. The molecule has 0 aliphatic carbocycles. The van der Waals surface area contributed by atoms with E-state index in [0.29, 0.717) is 5.92 Å². The topological polar surface area (TPSA) is 68.4 Å². The molecule has 6 rings (SSSR count). The van der Waals surface area contributed by atoms with Crippen LogP contribution in [0, 0.1) is 5.92 Å². The fraction of sp³-hybridized carbons (Fsp3) is 0.310. The van der Waals surface area contributed by atoms with E-state index in [4.69, 9.17) is 4.74 Å². The zero-order valence-electron chi connectivity index (χ0n) is 21.3. The molecule has 3 fully saturated rings. The third-order valence-corrected chi connectivity index (χ3v) is 8.02. The average molecular weight is 576 g/mol. The zero-order valence-corrected chi connectivity index (χ0v) is 22.9. The Balaban J connectivity index is 1.24. The number of imide groups is 1. The van der Waals surface area contributed by atoms with Crippen molar-refractivity contribution in [1.82, 2.24) is 20.0 Å². The van der Waals surface area contributed by atoms with Gasteiger partial charge in [0.15, 0.2) is 0 Å². The highest BCUT2D eigenvalue weighted by Crippen LogP contribution is 2.35. The van der Waals surface area contributed by atoms with Gasteiger partial charge >= 0.3 is 6.03 Å². The molecule has 4 unspecified atom stereocenters. The second-order valence-electron chi connectivity index (χ2n) is 10.2. The maximum absolute atomic E-state index is 13.8. The molecule has 38 heavy (non-hydrogen) atoms. The molecule has 3 aliphatic heterocycles. The Labute approximate surface area is 230 Å². The summed E-state index contributed by atoms with van der Waals surface area (Å²) in [4.78, 5) is 34.7. The van der Waals surface area contributed by atoms with Gasteiger partial charge in [-0.2, -0.15) is 0 Å². The summed E-state index contributed by atoms with van der Waals surface area (Å²) >= 11 is 3.45. The van der Waals surface area contributed by atoms with E-state index in [1.165, 1.54) is 4.90 Å². The summed E-state index contributed by atoms with van der Waals surface area (Å²) in [6.45, 7) is 4.05. The molecule has 0 bridgehead atoms. The first-order valence-corrected chi connectivity index (χ1v) is 13.6. The number of benzene rings is 3. The van der Waals surface area contributed by atoms with Crippen LogP contribution in [-0.2, 0) is 11.3 Å². The summed E-state index contributed by atoms with van der Waals surface area (Å²) in [5.74, 6) is 1.73. The molecule has 196 valence electrons. The smallest absolute Gasteiger partial charge is 0.328 e. The van der Waals surface area contributed by atoms with Crippen LogP contribution in [0.25, 0.3) is 0 Å². The molecule has 0 aromatic heterocycles. The SMILES string of the molecule is CC1CN(c2ccc(Oc3ccccc3)cc2)C2NC3C(C(=O)N(Cc4ccc(Br)cc4)C(=O)N3C)N2C1. The molecule has 0 radical (unpaired) electrons. The molecular weight excluding hydrogens is 546 g/mol. The molecule has 8 nitrogen and oxygen atoms in total. The Morgan fingerprint density at radius 3 is 2.32 bits per heavy atom. The van der Waals surface area contributed by atoms with Crippen LogP contribution in [0.3, 0.4) is 0 Å². The van der Waals surface area contributed by atoms with Gasteiger partial charge in [0.1, 0.15) is 30.0 Å². The van der Waals surface area contributed by atoms with Gasteiger partial charge in [0.25, 0.3) is 5.91 Å². The van der Waals surface area contributed by atoms with E-state index >= 15 is 0 Å². The number of rotatable bonds is 5. The van der Waals surface area contributed by atoms with Crippen LogP contribution in [0.1, 0.15) is 12.5 Å². The number of para-hydroxylation sites is 1. The average Bonchev–Trinajstić information content (AvgIpc) is 3.31. The highest BCUT2D eigenvalue weighted by atomic mass is 79.9. The molecule has 3 aromatic rings. The highest BCUT2D eigenvalue weighted by molar-refractivity contribution is 9.10. The molecule has 4 atom stereocenters. The van der Waals surface area contributed by atoms with Gasteiger partial charge in [-0.25, -0.2) is 4.79 Å². The minimum Gasteiger partial charge on any atom is -0.457 e. The first-order chi connectivity index (χ1) is 18.4. The third kappa shape index (κ3) is 4.55. The minimum absolute atomic E-state index is 0.156. The van der Waals surface area contributed by atoms with E-state index in [9.17, 15) is 9.59 Å². The highest BCUT2D eigenvalue weighted by Gasteiger charge is 2.56. The van der Waals surface area contributed by atoms with E-state index in [1.54, 1.807) is 11.9 Å². The lowest BCUT2D eigenvalue weighted by atomic mass is 10.0. The zero-order chi connectivity index (χ0) is 26.4. The number of carbonyl (C=O) groups excluding carboxylic acids is 2. The number of likely N-dealkylation sites (N-methyl/N-ethyl adjacent to an activating group) is 1. The Bertz CT molecular complexity index is 1320. The van der Waals surface area contributed by atoms with Gasteiger partial charge in [0, 0.05) is 30.3 Å². The summed E-state index contributed by atoms with van der Waals surface area (Å²) in [5.41, 5.74) is 1.95. The van der Waals surface area contributed by atoms with Crippen molar-refractivity contribution in [3.05, 3.63) is 88.9 Å². The molecular formula is C29H30BrN5O3. The van der Waals surface area contributed by atoms with E-state index in [1.807, 2.05) is 66.7 Å². The van der Waals surface area contributed by atoms with Gasteiger partial charge in [-0.15, -0.1) is 0 Å². The molecule has 3 saturated heterocycles. The standard InChI is InChI=1S/C29H30BrN5O3/c1-19-16-33(22-12-14-24(15-13-22)38-23-6-4-3-5-7-23)28-31-26-25(34(28)17-19)27(36)35(29(37)32(26)2)18-20-8-10-21(30)11-9-20/h3-15,19,25-26,28,31H,16-18H2,1-2H3. The Morgan fingerprint density at radius 2 is 1.61 bits per heavy atom. The number of hydrogen-bond acceptors (Lipinski definition) is 6. The number of hydrogen-bond donors (Lipinski definition) is 1. The fourth-order valence-electron chi connectivity index (χ4n) is 5.67. The van der Waals surface area contributed by atoms with Crippen molar-refractivity contribution >= 4 is 33.6 Å². The number of ether oxygens (including phenoxy) is 1. The van der Waals surface area contributed by atoms with Crippen molar-refractivity contribution < 1.29 is 14.3 Å². The lowest BCUT2D eigenvalue weighted by Gasteiger charge is -2.46. The Hall–Kier alpha value is -3.40. The number of nitrogens with zero attached hydrogens (tertiary/aromatic N) is 4. The molecule has 3 aliphatic rings. The summed E-state index contributed by atoms with van der Waals surface area (Å²) in [6.07, 6.45) is -0.594. The molecule has 1 N–H and O–H groups in total. The normalized spacial score (nSPS) is 25.4. The van der Waals surface area contributed by atoms with Gasteiger partial charge in [0.2, 0.25) is 0 Å². The quantitative estimate of drug-likeness (QED) is 0.476. The Kier molecular flexibility index (Phi) is 6.59. The number of urea groups is 1. The molecule has 0 saturated carbocycles. The first kappa shape index (κ1) is 24.9. The van der Waals surface area contributed by atoms with Gasteiger partial charge in [-0.05, 0) is 60.0 Å². The van der Waals surface area contributed by atoms with Crippen LogP contribution in [0.2, 0.25) is 0 Å². The lowest BCUT2D eigenvalue weighted by Crippen LogP contribution is -2.66. The van der Waals surface area contributed by atoms with Crippen molar-refractivity contribution in [2.45, 2.75) is 32.0 Å². The van der Waals surface area contributed by atoms with Crippen LogP contribution >= 0.6 is 15.9 Å². The number of carbonyl (C=O) groups is 2. The predicted molar refractivity (Wildman–Crippen MR) is 149 cm³/mol. The summed E-state index contributed by atoms with van der Waals surface area (Å²) < 4.78 is 6.93. The van der Waals surface area contributed by atoms with Crippen LogP contribution < -0.4 is 15.0 Å². The van der Waals surface area contributed by atoms with Gasteiger partial charge in [-0.1, -0.05) is 53.2 Å². The predicted octanol–water partition coefficient (Wildman–Crippen LogP) is 4.68. The number of halogens is 1. The van der Waals surface area contributed by atoms with E-state index in [0.717, 1.165) is 40.3 Å². The summed E-state index contributed by atoms with van der Waals surface area (Å²) in [7, 11) is 1.77.